The zero-order valence-electron chi connectivity index (χ0n) is 12.1. The van der Waals surface area contributed by atoms with Crippen molar-refractivity contribution in [1.82, 2.24) is 5.32 Å². The Labute approximate surface area is 122 Å². The lowest BCUT2D eigenvalue weighted by Gasteiger charge is -2.21. The van der Waals surface area contributed by atoms with Crippen molar-refractivity contribution >= 4 is 0 Å². The number of hydrogen-bond donors (Lipinski definition) is 1. The maximum Gasteiger partial charge on any atom is 0.131 e. The molecule has 5 heteroatoms. The number of rotatable bonds is 5. The Balaban J connectivity index is 2.56. The molecule has 112 valence electrons. The first kappa shape index (κ1) is 15.3. The summed E-state index contributed by atoms with van der Waals surface area (Å²) < 4.78 is 38.5. The van der Waals surface area contributed by atoms with E-state index >= 15 is 0 Å². The monoisotopic (exact) mass is 293 g/mol. The normalized spacial score (nSPS) is 12.0. The average Bonchev–Trinajstić information content (AvgIpc) is 2.50. The number of halogens is 2. The van der Waals surface area contributed by atoms with Gasteiger partial charge in [-0.2, -0.15) is 0 Å². The molecule has 2 rings (SSSR count). The van der Waals surface area contributed by atoms with Crippen LogP contribution < -0.4 is 14.8 Å². The summed E-state index contributed by atoms with van der Waals surface area (Å²) >= 11 is 0. The van der Waals surface area contributed by atoms with Gasteiger partial charge in [0.05, 0.1) is 20.3 Å². The number of nitrogens with one attached hydrogen (secondary N) is 1. The van der Waals surface area contributed by atoms with Gasteiger partial charge in [-0.1, -0.05) is 6.07 Å². The lowest BCUT2D eigenvalue weighted by Crippen LogP contribution is -2.21. The van der Waals surface area contributed by atoms with Crippen LogP contribution in [0.1, 0.15) is 17.2 Å². The Kier molecular flexibility index (Phi) is 4.75. The summed E-state index contributed by atoms with van der Waals surface area (Å²) in [5.74, 6) is -0.102. The summed E-state index contributed by atoms with van der Waals surface area (Å²) in [6, 6.07) is 8.28. The third-order valence-electron chi connectivity index (χ3n) is 3.33. The smallest absolute Gasteiger partial charge is 0.131 e. The van der Waals surface area contributed by atoms with Gasteiger partial charge in [-0.25, -0.2) is 8.78 Å². The predicted molar refractivity (Wildman–Crippen MR) is 76.8 cm³/mol. The van der Waals surface area contributed by atoms with Gasteiger partial charge in [0.2, 0.25) is 0 Å². The summed E-state index contributed by atoms with van der Waals surface area (Å²) in [5.41, 5.74) is 0.591. The van der Waals surface area contributed by atoms with Gasteiger partial charge in [0, 0.05) is 17.2 Å². The molecule has 1 atom stereocenters. The highest BCUT2D eigenvalue weighted by Crippen LogP contribution is 2.34. The summed E-state index contributed by atoms with van der Waals surface area (Å²) in [6.45, 7) is 0. The quantitative estimate of drug-likeness (QED) is 0.917. The highest BCUT2D eigenvalue weighted by molar-refractivity contribution is 5.46. The Morgan fingerprint density at radius 3 is 2.19 bits per heavy atom. The zero-order valence-corrected chi connectivity index (χ0v) is 12.1. The molecule has 0 aliphatic carbocycles. The number of methoxy groups -OCH3 is 2. The highest BCUT2D eigenvalue weighted by Gasteiger charge is 2.23. The molecule has 0 fully saturated rings. The summed E-state index contributed by atoms with van der Waals surface area (Å²) in [4.78, 5) is 0. The molecule has 21 heavy (non-hydrogen) atoms. The standard InChI is InChI=1S/C16H17F2NO2/c1-19-16(15-12(17)5-4-6-13(15)18)11-8-7-10(20-2)9-14(11)21-3/h4-9,16,19H,1-3H3. The molecule has 2 aromatic carbocycles. The van der Waals surface area contributed by atoms with Crippen LogP contribution in [-0.4, -0.2) is 21.3 Å². The largest absolute Gasteiger partial charge is 0.497 e. The second-order valence-electron chi connectivity index (χ2n) is 4.46. The molecule has 0 spiro atoms. The third-order valence-corrected chi connectivity index (χ3v) is 3.33. The van der Waals surface area contributed by atoms with Crippen molar-refractivity contribution in [2.24, 2.45) is 0 Å². The van der Waals surface area contributed by atoms with Crippen LogP contribution >= 0.6 is 0 Å². The molecule has 0 aromatic heterocycles. The van der Waals surface area contributed by atoms with Gasteiger partial charge in [-0.3, -0.25) is 0 Å². The minimum absolute atomic E-state index is 0.0385. The van der Waals surface area contributed by atoms with Crippen LogP contribution in [0.15, 0.2) is 36.4 Å². The topological polar surface area (TPSA) is 30.5 Å². The zero-order chi connectivity index (χ0) is 15.4. The number of benzene rings is 2. The molecule has 0 saturated carbocycles. The van der Waals surface area contributed by atoms with Crippen molar-refractivity contribution in [2.45, 2.75) is 6.04 Å². The summed E-state index contributed by atoms with van der Waals surface area (Å²) in [7, 11) is 4.68. The van der Waals surface area contributed by atoms with E-state index in [2.05, 4.69) is 5.32 Å². The van der Waals surface area contributed by atoms with Gasteiger partial charge in [-0.05, 0) is 31.3 Å². The molecule has 0 saturated heterocycles. The molecule has 0 aliphatic rings. The van der Waals surface area contributed by atoms with Crippen molar-refractivity contribution in [3.8, 4) is 11.5 Å². The van der Waals surface area contributed by atoms with E-state index in [1.54, 1.807) is 32.4 Å². The van der Waals surface area contributed by atoms with Crippen molar-refractivity contribution in [3.05, 3.63) is 59.2 Å². The van der Waals surface area contributed by atoms with E-state index in [1.807, 2.05) is 0 Å². The van der Waals surface area contributed by atoms with Crippen LogP contribution in [0.5, 0.6) is 11.5 Å². The summed E-state index contributed by atoms with van der Waals surface area (Å²) in [5, 5.41) is 2.93. The Morgan fingerprint density at radius 2 is 1.67 bits per heavy atom. The maximum atomic E-state index is 14.0. The fourth-order valence-electron chi connectivity index (χ4n) is 2.30. The predicted octanol–water partition coefficient (Wildman–Crippen LogP) is 3.29. The van der Waals surface area contributed by atoms with Crippen molar-refractivity contribution < 1.29 is 18.3 Å². The fourth-order valence-corrected chi connectivity index (χ4v) is 2.30. The first-order valence-electron chi connectivity index (χ1n) is 6.45. The second-order valence-corrected chi connectivity index (χ2v) is 4.46. The molecule has 3 nitrogen and oxygen atoms in total. The molecule has 0 radical (unpaired) electrons. The molecular formula is C16H17F2NO2. The minimum atomic E-state index is -0.660. The van der Waals surface area contributed by atoms with Gasteiger partial charge in [0.15, 0.2) is 0 Å². The van der Waals surface area contributed by atoms with Crippen LogP contribution in [0.3, 0.4) is 0 Å². The van der Waals surface area contributed by atoms with E-state index in [0.717, 1.165) is 0 Å². The van der Waals surface area contributed by atoms with E-state index in [4.69, 9.17) is 9.47 Å². The summed E-state index contributed by atoms with van der Waals surface area (Å²) in [6.07, 6.45) is 0. The molecule has 2 aromatic rings. The molecule has 1 N–H and O–H groups in total. The maximum absolute atomic E-state index is 14.0. The lowest BCUT2D eigenvalue weighted by molar-refractivity contribution is 0.387. The molecular weight excluding hydrogens is 276 g/mol. The van der Waals surface area contributed by atoms with Gasteiger partial charge in [-0.15, -0.1) is 0 Å². The number of hydrogen-bond acceptors (Lipinski definition) is 3. The second kappa shape index (κ2) is 6.54. The van der Waals surface area contributed by atoms with Crippen molar-refractivity contribution in [2.75, 3.05) is 21.3 Å². The Morgan fingerprint density at radius 1 is 1.00 bits per heavy atom. The fraction of sp³-hybridized carbons (Fsp3) is 0.250. The van der Waals surface area contributed by atoms with Crippen LogP contribution in [0, 0.1) is 11.6 Å². The molecule has 0 bridgehead atoms. The van der Waals surface area contributed by atoms with Crippen LogP contribution in [-0.2, 0) is 0 Å². The van der Waals surface area contributed by atoms with Crippen molar-refractivity contribution in [3.63, 3.8) is 0 Å². The van der Waals surface area contributed by atoms with Gasteiger partial charge in [0.25, 0.3) is 0 Å². The first-order valence-corrected chi connectivity index (χ1v) is 6.45. The Hall–Kier alpha value is -2.14. The van der Waals surface area contributed by atoms with E-state index in [9.17, 15) is 8.78 Å². The molecule has 1 unspecified atom stereocenters. The third kappa shape index (κ3) is 2.97. The first-order chi connectivity index (χ1) is 10.1. The molecule has 0 amide bonds. The molecule has 0 aliphatic heterocycles. The van der Waals surface area contributed by atoms with E-state index in [0.29, 0.717) is 17.1 Å². The van der Waals surface area contributed by atoms with Crippen LogP contribution in [0.2, 0.25) is 0 Å². The van der Waals surface area contributed by atoms with Crippen molar-refractivity contribution in [1.29, 1.82) is 0 Å². The van der Waals surface area contributed by atoms with E-state index < -0.39 is 17.7 Å². The molecule has 0 heterocycles. The Bertz CT molecular complexity index is 611. The van der Waals surface area contributed by atoms with Crippen LogP contribution in [0.25, 0.3) is 0 Å². The average molecular weight is 293 g/mol. The lowest BCUT2D eigenvalue weighted by atomic mass is 9.96. The van der Waals surface area contributed by atoms with Gasteiger partial charge >= 0.3 is 0 Å². The minimum Gasteiger partial charge on any atom is -0.497 e. The highest BCUT2D eigenvalue weighted by atomic mass is 19.1. The van der Waals surface area contributed by atoms with E-state index in [-0.39, 0.29) is 5.56 Å². The van der Waals surface area contributed by atoms with Crippen LogP contribution in [0.4, 0.5) is 8.78 Å². The van der Waals surface area contributed by atoms with Gasteiger partial charge in [0.1, 0.15) is 23.1 Å². The van der Waals surface area contributed by atoms with Gasteiger partial charge < -0.3 is 14.8 Å². The SMILES string of the molecule is CNC(c1ccc(OC)cc1OC)c1c(F)cccc1F. The van der Waals surface area contributed by atoms with E-state index in [1.165, 1.54) is 25.3 Å². The number of ether oxygens (including phenoxy) is 2.